The number of carbonyl (C=O) groups excluding carboxylic acids is 1. The van der Waals surface area contributed by atoms with Crippen LogP contribution in [0.2, 0.25) is 0 Å². The van der Waals surface area contributed by atoms with E-state index in [0.717, 1.165) is 50.5 Å². The lowest BCUT2D eigenvalue weighted by Gasteiger charge is -2.28. The molecule has 4 atom stereocenters. The third-order valence-electron chi connectivity index (χ3n) is 4.98. The van der Waals surface area contributed by atoms with Gasteiger partial charge in [0.05, 0.1) is 0 Å². The fraction of sp³-hybridized carbons (Fsp3) is 0.938. The van der Waals surface area contributed by atoms with Crippen molar-refractivity contribution in [2.24, 2.45) is 23.5 Å². The summed E-state index contributed by atoms with van der Waals surface area (Å²) in [5.41, 5.74) is 5.94. The maximum absolute atomic E-state index is 12.1. The largest absolute Gasteiger partial charge is 0.356 e. The fourth-order valence-corrected chi connectivity index (χ4v) is 3.83. The first-order chi connectivity index (χ1) is 9.15. The average molecular weight is 303 g/mol. The lowest BCUT2D eigenvalue weighted by atomic mass is 9.81. The summed E-state index contributed by atoms with van der Waals surface area (Å²) in [6.45, 7) is 3.22. The lowest BCUT2D eigenvalue weighted by Crippen LogP contribution is -2.38. The van der Waals surface area contributed by atoms with Gasteiger partial charge in [0.1, 0.15) is 0 Å². The van der Waals surface area contributed by atoms with Crippen molar-refractivity contribution in [3.05, 3.63) is 0 Å². The van der Waals surface area contributed by atoms with E-state index in [9.17, 15) is 4.79 Å². The minimum atomic E-state index is 0. The SMILES string of the molecule is CC1CCCC(CCNC(=O)C2CCCC(N)C2)C1.Cl. The van der Waals surface area contributed by atoms with E-state index in [0.29, 0.717) is 0 Å². The van der Waals surface area contributed by atoms with E-state index >= 15 is 0 Å². The molecule has 2 rings (SSSR count). The van der Waals surface area contributed by atoms with Gasteiger partial charge in [0, 0.05) is 18.5 Å². The molecule has 1 amide bonds. The van der Waals surface area contributed by atoms with E-state index in [1.165, 1.54) is 25.7 Å². The second-order valence-electron chi connectivity index (χ2n) is 6.84. The number of carbonyl (C=O) groups is 1. The van der Waals surface area contributed by atoms with Gasteiger partial charge in [-0.2, -0.15) is 0 Å². The van der Waals surface area contributed by atoms with E-state index in [1.807, 2.05) is 0 Å². The van der Waals surface area contributed by atoms with Crippen molar-refractivity contribution in [1.82, 2.24) is 5.32 Å². The Balaban J connectivity index is 0.00000200. The zero-order chi connectivity index (χ0) is 13.7. The summed E-state index contributed by atoms with van der Waals surface area (Å²) in [4.78, 5) is 12.1. The van der Waals surface area contributed by atoms with Crippen molar-refractivity contribution < 1.29 is 4.79 Å². The second-order valence-corrected chi connectivity index (χ2v) is 6.84. The van der Waals surface area contributed by atoms with E-state index < -0.39 is 0 Å². The van der Waals surface area contributed by atoms with Gasteiger partial charge in [-0.15, -0.1) is 12.4 Å². The molecule has 3 nitrogen and oxygen atoms in total. The molecule has 118 valence electrons. The predicted octanol–water partition coefficient (Wildman–Crippen LogP) is 3.26. The monoisotopic (exact) mass is 302 g/mol. The zero-order valence-corrected chi connectivity index (χ0v) is 13.6. The number of nitrogens with one attached hydrogen (secondary N) is 1. The highest BCUT2D eigenvalue weighted by molar-refractivity contribution is 5.85. The maximum Gasteiger partial charge on any atom is 0.223 e. The fourth-order valence-electron chi connectivity index (χ4n) is 3.83. The molecule has 0 saturated heterocycles. The number of amides is 1. The third kappa shape index (κ3) is 5.61. The van der Waals surface area contributed by atoms with E-state index in [2.05, 4.69) is 12.2 Å². The molecule has 2 aliphatic rings. The first-order valence-corrected chi connectivity index (χ1v) is 8.18. The molecule has 0 aromatic carbocycles. The van der Waals surface area contributed by atoms with Gasteiger partial charge in [0.25, 0.3) is 0 Å². The summed E-state index contributed by atoms with van der Waals surface area (Å²) in [5, 5.41) is 3.14. The molecule has 4 unspecified atom stereocenters. The highest BCUT2D eigenvalue weighted by atomic mass is 35.5. The average Bonchev–Trinajstić information content (AvgIpc) is 2.38. The Morgan fingerprint density at radius 2 is 1.90 bits per heavy atom. The van der Waals surface area contributed by atoms with E-state index in [-0.39, 0.29) is 30.3 Å². The van der Waals surface area contributed by atoms with Crippen LogP contribution in [0.25, 0.3) is 0 Å². The van der Waals surface area contributed by atoms with Crippen LogP contribution < -0.4 is 11.1 Å². The van der Waals surface area contributed by atoms with Crippen LogP contribution in [0.1, 0.15) is 64.7 Å². The molecule has 20 heavy (non-hydrogen) atoms. The highest BCUT2D eigenvalue weighted by Crippen LogP contribution is 2.30. The molecule has 3 N–H and O–H groups in total. The Labute approximate surface area is 129 Å². The molecule has 0 bridgehead atoms. The first kappa shape index (κ1) is 17.8. The van der Waals surface area contributed by atoms with Crippen LogP contribution in [0.3, 0.4) is 0 Å². The van der Waals surface area contributed by atoms with Gasteiger partial charge in [-0.25, -0.2) is 0 Å². The van der Waals surface area contributed by atoms with Crippen molar-refractivity contribution >= 4 is 18.3 Å². The smallest absolute Gasteiger partial charge is 0.223 e. The van der Waals surface area contributed by atoms with Crippen molar-refractivity contribution in [2.75, 3.05) is 6.54 Å². The van der Waals surface area contributed by atoms with Crippen LogP contribution in [-0.4, -0.2) is 18.5 Å². The molecule has 0 heterocycles. The maximum atomic E-state index is 12.1. The first-order valence-electron chi connectivity index (χ1n) is 8.18. The molecule has 2 saturated carbocycles. The van der Waals surface area contributed by atoms with Crippen molar-refractivity contribution in [2.45, 2.75) is 70.8 Å². The summed E-state index contributed by atoms with van der Waals surface area (Å²) in [6.07, 6.45) is 10.7. The number of nitrogens with two attached hydrogens (primary N) is 1. The normalized spacial score (nSPS) is 34.1. The molecule has 2 aliphatic carbocycles. The Hall–Kier alpha value is -0.280. The van der Waals surface area contributed by atoms with Gasteiger partial charge in [-0.05, 0) is 43.9 Å². The molecule has 4 heteroatoms. The topological polar surface area (TPSA) is 55.1 Å². The van der Waals surface area contributed by atoms with Gasteiger partial charge in [0.15, 0.2) is 0 Å². The lowest BCUT2D eigenvalue weighted by molar-refractivity contribution is -0.126. The van der Waals surface area contributed by atoms with Crippen LogP contribution in [-0.2, 0) is 4.79 Å². The standard InChI is InChI=1S/C16H30N2O.ClH/c1-12-4-2-5-13(10-12)8-9-18-16(19)14-6-3-7-15(17)11-14;/h12-15H,2-11,17H2,1H3,(H,18,19);1H. The zero-order valence-electron chi connectivity index (χ0n) is 12.8. The molecular formula is C16H31ClN2O. The highest BCUT2D eigenvalue weighted by Gasteiger charge is 2.25. The Morgan fingerprint density at radius 1 is 1.15 bits per heavy atom. The number of halogens is 1. The molecule has 0 aromatic heterocycles. The quantitative estimate of drug-likeness (QED) is 0.837. The van der Waals surface area contributed by atoms with Crippen LogP contribution in [0.15, 0.2) is 0 Å². The summed E-state index contributed by atoms with van der Waals surface area (Å²) in [6, 6.07) is 0.240. The molecular weight excluding hydrogens is 272 g/mol. The summed E-state index contributed by atoms with van der Waals surface area (Å²) in [7, 11) is 0. The minimum Gasteiger partial charge on any atom is -0.356 e. The summed E-state index contributed by atoms with van der Waals surface area (Å²) >= 11 is 0. The van der Waals surface area contributed by atoms with Crippen LogP contribution in [0.5, 0.6) is 0 Å². The number of hydrogen-bond acceptors (Lipinski definition) is 2. The van der Waals surface area contributed by atoms with Gasteiger partial charge in [-0.1, -0.05) is 32.6 Å². The van der Waals surface area contributed by atoms with E-state index in [4.69, 9.17) is 5.73 Å². The third-order valence-corrected chi connectivity index (χ3v) is 4.98. The summed E-state index contributed by atoms with van der Waals surface area (Å²) in [5.74, 6) is 2.14. The van der Waals surface area contributed by atoms with Gasteiger partial charge >= 0.3 is 0 Å². The van der Waals surface area contributed by atoms with E-state index in [1.54, 1.807) is 0 Å². The van der Waals surface area contributed by atoms with Crippen molar-refractivity contribution in [3.8, 4) is 0 Å². The molecule has 0 radical (unpaired) electrons. The second kappa shape index (κ2) is 8.89. The minimum absolute atomic E-state index is 0. The number of hydrogen-bond donors (Lipinski definition) is 2. The molecule has 0 aromatic rings. The molecule has 0 spiro atoms. The molecule has 0 aliphatic heterocycles. The van der Waals surface area contributed by atoms with Gasteiger partial charge in [0.2, 0.25) is 5.91 Å². The van der Waals surface area contributed by atoms with Crippen LogP contribution >= 0.6 is 12.4 Å². The van der Waals surface area contributed by atoms with Crippen LogP contribution in [0, 0.1) is 17.8 Å². The number of rotatable bonds is 4. The Bertz CT molecular complexity index is 298. The summed E-state index contributed by atoms with van der Waals surface area (Å²) < 4.78 is 0. The van der Waals surface area contributed by atoms with Gasteiger partial charge in [-0.3, -0.25) is 4.79 Å². The van der Waals surface area contributed by atoms with Crippen molar-refractivity contribution in [3.63, 3.8) is 0 Å². The van der Waals surface area contributed by atoms with Crippen molar-refractivity contribution in [1.29, 1.82) is 0 Å². The predicted molar refractivity (Wildman–Crippen MR) is 85.9 cm³/mol. The van der Waals surface area contributed by atoms with Crippen LogP contribution in [0.4, 0.5) is 0 Å². The van der Waals surface area contributed by atoms with Gasteiger partial charge < -0.3 is 11.1 Å². The Morgan fingerprint density at radius 3 is 2.60 bits per heavy atom. The Kier molecular flexibility index (Phi) is 7.90. The molecule has 2 fully saturated rings.